The fraction of sp³-hybridized carbons (Fsp3) is 0.214. The second-order valence-electron chi connectivity index (χ2n) is 4.46. The standard InChI is InChI=1S/C14H14N2O4/c1-10(9-13-3-2-8-20-13)15-14(17)11-4-6-12(7-5-11)16(18)19/h2-8,10H,9H2,1H3,(H,15,17). The number of amides is 1. The van der Waals surface area contributed by atoms with Gasteiger partial charge in [0.05, 0.1) is 11.2 Å². The molecular formula is C14H14N2O4. The Morgan fingerprint density at radius 1 is 1.35 bits per heavy atom. The third-order valence-corrected chi connectivity index (χ3v) is 2.81. The van der Waals surface area contributed by atoms with Gasteiger partial charge in [-0.25, -0.2) is 0 Å². The molecule has 1 aromatic carbocycles. The molecule has 2 aromatic rings. The maximum Gasteiger partial charge on any atom is 0.269 e. The van der Waals surface area contributed by atoms with Gasteiger partial charge < -0.3 is 9.73 Å². The van der Waals surface area contributed by atoms with Crippen LogP contribution in [0.1, 0.15) is 23.0 Å². The first kappa shape index (κ1) is 13.8. The first-order chi connectivity index (χ1) is 9.56. The number of nitro groups is 1. The molecule has 0 bridgehead atoms. The molecule has 1 heterocycles. The summed E-state index contributed by atoms with van der Waals surface area (Å²) in [6, 6.07) is 9.04. The third-order valence-electron chi connectivity index (χ3n) is 2.81. The summed E-state index contributed by atoms with van der Waals surface area (Å²) in [6.07, 6.45) is 2.17. The summed E-state index contributed by atoms with van der Waals surface area (Å²) in [4.78, 5) is 22.0. The molecule has 0 aliphatic carbocycles. The van der Waals surface area contributed by atoms with Crippen LogP contribution in [0.4, 0.5) is 5.69 Å². The van der Waals surface area contributed by atoms with E-state index in [9.17, 15) is 14.9 Å². The van der Waals surface area contributed by atoms with E-state index in [-0.39, 0.29) is 17.6 Å². The van der Waals surface area contributed by atoms with Gasteiger partial charge >= 0.3 is 0 Å². The van der Waals surface area contributed by atoms with Crippen molar-refractivity contribution in [1.82, 2.24) is 5.32 Å². The van der Waals surface area contributed by atoms with Crippen molar-refractivity contribution in [3.63, 3.8) is 0 Å². The van der Waals surface area contributed by atoms with E-state index in [1.54, 1.807) is 12.3 Å². The molecule has 20 heavy (non-hydrogen) atoms. The summed E-state index contributed by atoms with van der Waals surface area (Å²) in [7, 11) is 0. The Balaban J connectivity index is 1.95. The average molecular weight is 274 g/mol. The highest BCUT2D eigenvalue weighted by atomic mass is 16.6. The van der Waals surface area contributed by atoms with Gasteiger partial charge in [0, 0.05) is 30.2 Å². The molecule has 6 heteroatoms. The van der Waals surface area contributed by atoms with Crippen LogP contribution in [-0.4, -0.2) is 16.9 Å². The number of hydrogen-bond acceptors (Lipinski definition) is 4. The summed E-state index contributed by atoms with van der Waals surface area (Å²) in [5.74, 6) is 0.528. The quantitative estimate of drug-likeness (QED) is 0.670. The topological polar surface area (TPSA) is 85.4 Å². The fourth-order valence-electron chi connectivity index (χ4n) is 1.82. The predicted octanol–water partition coefficient (Wildman–Crippen LogP) is 2.55. The van der Waals surface area contributed by atoms with Crippen LogP contribution in [0, 0.1) is 10.1 Å². The molecule has 1 atom stereocenters. The highest BCUT2D eigenvalue weighted by Crippen LogP contribution is 2.12. The van der Waals surface area contributed by atoms with Gasteiger partial charge in [-0.15, -0.1) is 0 Å². The van der Waals surface area contributed by atoms with Gasteiger partial charge in [-0.2, -0.15) is 0 Å². The van der Waals surface area contributed by atoms with Gasteiger partial charge in [0.15, 0.2) is 0 Å². The smallest absolute Gasteiger partial charge is 0.269 e. The van der Waals surface area contributed by atoms with Gasteiger partial charge in [0.1, 0.15) is 5.76 Å². The molecule has 0 radical (unpaired) electrons. The van der Waals surface area contributed by atoms with Crippen LogP contribution in [0.25, 0.3) is 0 Å². The molecule has 0 aliphatic rings. The molecule has 6 nitrogen and oxygen atoms in total. The Morgan fingerprint density at radius 2 is 2.05 bits per heavy atom. The van der Waals surface area contributed by atoms with E-state index in [2.05, 4.69) is 5.32 Å². The predicted molar refractivity (Wildman–Crippen MR) is 72.4 cm³/mol. The van der Waals surface area contributed by atoms with Gasteiger partial charge in [0.2, 0.25) is 0 Å². The lowest BCUT2D eigenvalue weighted by Crippen LogP contribution is -2.33. The SMILES string of the molecule is CC(Cc1ccco1)NC(=O)c1ccc([N+](=O)[O-])cc1. The Morgan fingerprint density at radius 3 is 2.60 bits per heavy atom. The number of benzene rings is 1. The minimum absolute atomic E-state index is 0.0369. The van der Waals surface area contributed by atoms with E-state index in [0.29, 0.717) is 12.0 Å². The molecule has 1 aromatic heterocycles. The van der Waals surface area contributed by atoms with E-state index >= 15 is 0 Å². The molecule has 0 aliphatic heterocycles. The van der Waals surface area contributed by atoms with E-state index in [1.165, 1.54) is 24.3 Å². The summed E-state index contributed by atoms with van der Waals surface area (Å²) in [6.45, 7) is 1.87. The largest absolute Gasteiger partial charge is 0.469 e. The third kappa shape index (κ3) is 3.44. The lowest BCUT2D eigenvalue weighted by molar-refractivity contribution is -0.384. The number of nitrogens with one attached hydrogen (secondary N) is 1. The monoisotopic (exact) mass is 274 g/mol. The van der Waals surface area contributed by atoms with E-state index < -0.39 is 4.92 Å². The summed E-state index contributed by atoms with van der Waals surface area (Å²) in [5, 5.41) is 13.3. The fourth-order valence-corrected chi connectivity index (χ4v) is 1.82. The van der Waals surface area contributed by atoms with Crippen molar-refractivity contribution in [3.05, 3.63) is 64.1 Å². The van der Waals surface area contributed by atoms with Gasteiger partial charge in [-0.3, -0.25) is 14.9 Å². The minimum atomic E-state index is -0.499. The molecule has 0 saturated carbocycles. The molecule has 1 amide bonds. The summed E-state index contributed by atoms with van der Waals surface area (Å²) >= 11 is 0. The van der Waals surface area contributed by atoms with Gasteiger partial charge in [0.25, 0.3) is 11.6 Å². The maximum atomic E-state index is 12.0. The normalized spacial score (nSPS) is 11.8. The molecule has 1 N–H and O–H groups in total. The number of rotatable bonds is 5. The Bertz CT molecular complexity index is 590. The van der Waals surface area contributed by atoms with Crippen LogP contribution < -0.4 is 5.32 Å². The highest BCUT2D eigenvalue weighted by molar-refractivity contribution is 5.94. The number of carbonyl (C=O) groups is 1. The molecule has 0 spiro atoms. The van der Waals surface area contributed by atoms with Crippen molar-refractivity contribution in [2.24, 2.45) is 0 Å². The van der Waals surface area contributed by atoms with Gasteiger partial charge in [-0.05, 0) is 31.2 Å². The average Bonchev–Trinajstić information content (AvgIpc) is 2.91. The summed E-state index contributed by atoms with van der Waals surface area (Å²) in [5.41, 5.74) is 0.354. The van der Waals surface area contributed by atoms with Crippen molar-refractivity contribution in [2.45, 2.75) is 19.4 Å². The molecule has 2 rings (SSSR count). The lowest BCUT2D eigenvalue weighted by atomic mass is 10.1. The Hall–Kier alpha value is -2.63. The number of furan rings is 1. The zero-order valence-corrected chi connectivity index (χ0v) is 10.9. The van der Waals surface area contributed by atoms with Crippen LogP contribution >= 0.6 is 0 Å². The molecular weight excluding hydrogens is 260 g/mol. The highest BCUT2D eigenvalue weighted by Gasteiger charge is 2.13. The molecule has 0 saturated heterocycles. The zero-order valence-electron chi connectivity index (χ0n) is 10.9. The first-order valence-corrected chi connectivity index (χ1v) is 6.14. The second kappa shape index (κ2) is 6.01. The maximum absolute atomic E-state index is 12.0. The Labute approximate surface area is 115 Å². The van der Waals surface area contributed by atoms with Crippen molar-refractivity contribution in [1.29, 1.82) is 0 Å². The number of non-ortho nitro benzene ring substituents is 1. The van der Waals surface area contributed by atoms with Gasteiger partial charge in [-0.1, -0.05) is 0 Å². The Kier molecular flexibility index (Phi) is 4.14. The van der Waals surface area contributed by atoms with E-state index in [4.69, 9.17) is 4.42 Å². The molecule has 104 valence electrons. The second-order valence-corrected chi connectivity index (χ2v) is 4.46. The van der Waals surface area contributed by atoms with Crippen LogP contribution in [0.15, 0.2) is 47.1 Å². The van der Waals surface area contributed by atoms with Crippen molar-refractivity contribution < 1.29 is 14.1 Å². The minimum Gasteiger partial charge on any atom is -0.469 e. The van der Waals surface area contributed by atoms with Crippen LogP contribution in [-0.2, 0) is 6.42 Å². The molecule has 0 fully saturated rings. The zero-order chi connectivity index (χ0) is 14.5. The van der Waals surface area contributed by atoms with Crippen LogP contribution in [0.2, 0.25) is 0 Å². The van der Waals surface area contributed by atoms with Crippen molar-refractivity contribution in [2.75, 3.05) is 0 Å². The number of carbonyl (C=O) groups excluding carboxylic acids is 1. The lowest BCUT2D eigenvalue weighted by Gasteiger charge is -2.12. The van der Waals surface area contributed by atoms with Crippen LogP contribution in [0.5, 0.6) is 0 Å². The summed E-state index contributed by atoms with van der Waals surface area (Å²) < 4.78 is 5.21. The van der Waals surface area contributed by atoms with Crippen molar-refractivity contribution >= 4 is 11.6 Å². The first-order valence-electron chi connectivity index (χ1n) is 6.14. The van der Waals surface area contributed by atoms with Crippen molar-refractivity contribution in [3.8, 4) is 0 Å². The number of hydrogen-bond donors (Lipinski definition) is 1. The van der Waals surface area contributed by atoms with E-state index in [1.807, 2.05) is 13.0 Å². The number of nitrogens with zero attached hydrogens (tertiary/aromatic N) is 1. The number of nitro benzene ring substituents is 1. The van der Waals surface area contributed by atoms with E-state index in [0.717, 1.165) is 5.76 Å². The molecule has 1 unspecified atom stereocenters. The van der Waals surface area contributed by atoms with Crippen LogP contribution in [0.3, 0.4) is 0 Å².